The van der Waals surface area contributed by atoms with Crippen molar-refractivity contribution < 1.29 is 0 Å². The Kier molecular flexibility index (Phi) is 4.24. The van der Waals surface area contributed by atoms with Crippen molar-refractivity contribution in [2.24, 2.45) is 0 Å². The van der Waals surface area contributed by atoms with Crippen molar-refractivity contribution in [1.29, 1.82) is 0 Å². The Balaban J connectivity index is 0.000000980. The maximum absolute atomic E-state index is 6.17. The first-order valence-corrected chi connectivity index (χ1v) is 5.14. The monoisotopic (exact) mass is 231 g/mol. The second kappa shape index (κ2) is 5.01. The summed E-state index contributed by atoms with van der Waals surface area (Å²) in [4.78, 5) is 0. The zero-order valence-corrected chi connectivity index (χ0v) is 9.79. The van der Waals surface area contributed by atoms with E-state index in [1.165, 1.54) is 24.0 Å². The average molecular weight is 232 g/mol. The molecule has 1 aromatic carbocycles. The van der Waals surface area contributed by atoms with E-state index in [1.807, 2.05) is 6.07 Å². The van der Waals surface area contributed by atoms with Crippen molar-refractivity contribution in [3.8, 4) is 0 Å². The van der Waals surface area contributed by atoms with E-state index in [-0.39, 0.29) is 12.4 Å². The Morgan fingerprint density at radius 2 is 2.21 bits per heavy atom. The fourth-order valence-electron chi connectivity index (χ4n) is 1.86. The van der Waals surface area contributed by atoms with Crippen LogP contribution in [0.5, 0.6) is 0 Å². The van der Waals surface area contributed by atoms with E-state index in [1.54, 1.807) is 0 Å². The summed E-state index contributed by atoms with van der Waals surface area (Å²) in [6.45, 7) is 3.19. The van der Waals surface area contributed by atoms with Gasteiger partial charge in [-0.25, -0.2) is 0 Å². The summed E-state index contributed by atoms with van der Waals surface area (Å²) in [5.74, 6) is 0. The van der Waals surface area contributed by atoms with Crippen LogP contribution in [0.25, 0.3) is 0 Å². The van der Waals surface area contributed by atoms with Crippen LogP contribution in [0, 0.1) is 6.92 Å². The molecular weight excluding hydrogens is 217 g/mol. The van der Waals surface area contributed by atoms with E-state index in [0.29, 0.717) is 6.04 Å². The van der Waals surface area contributed by atoms with E-state index in [4.69, 9.17) is 11.6 Å². The fraction of sp³-hybridized carbons (Fsp3) is 0.455. The number of hydrogen-bond acceptors (Lipinski definition) is 1. The van der Waals surface area contributed by atoms with Gasteiger partial charge in [-0.1, -0.05) is 23.7 Å². The first kappa shape index (κ1) is 11.8. The van der Waals surface area contributed by atoms with Gasteiger partial charge in [-0.15, -0.1) is 12.4 Å². The SMILES string of the molecule is Cc1ccc(C2CCCN2)c(Cl)c1.Cl. The summed E-state index contributed by atoms with van der Waals surface area (Å²) in [6, 6.07) is 6.78. The van der Waals surface area contributed by atoms with Gasteiger partial charge in [-0.2, -0.15) is 0 Å². The maximum Gasteiger partial charge on any atom is 0.0456 e. The highest BCUT2D eigenvalue weighted by Crippen LogP contribution is 2.29. The molecule has 0 aromatic heterocycles. The molecule has 1 nitrogen and oxygen atoms in total. The summed E-state index contributed by atoms with van der Waals surface area (Å²) in [5, 5.41) is 4.35. The summed E-state index contributed by atoms with van der Waals surface area (Å²) in [6.07, 6.45) is 2.47. The molecule has 1 aromatic rings. The Hall–Kier alpha value is -0.240. The summed E-state index contributed by atoms with van der Waals surface area (Å²) in [7, 11) is 0. The molecule has 3 heteroatoms. The largest absolute Gasteiger partial charge is 0.310 e. The highest BCUT2D eigenvalue weighted by molar-refractivity contribution is 6.31. The van der Waals surface area contributed by atoms with Crippen LogP contribution in [0.3, 0.4) is 0 Å². The minimum absolute atomic E-state index is 0. The van der Waals surface area contributed by atoms with Gasteiger partial charge in [-0.3, -0.25) is 0 Å². The van der Waals surface area contributed by atoms with E-state index >= 15 is 0 Å². The van der Waals surface area contributed by atoms with Crippen LogP contribution in [0.15, 0.2) is 18.2 Å². The van der Waals surface area contributed by atoms with Crippen molar-refractivity contribution in [1.82, 2.24) is 5.32 Å². The van der Waals surface area contributed by atoms with Crippen molar-refractivity contribution in [2.45, 2.75) is 25.8 Å². The van der Waals surface area contributed by atoms with Crippen LogP contribution < -0.4 is 5.32 Å². The third-order valence-corrected chi connectivity index (χ3v) is 2.92. The van der Waals surface area contributed by atoms with Crippen LogP contribution in [-0.4, -0.2) is 6.54 Å². The van der Waals surface area contributed by atoms with Gasteiger partial charge in [0.25, 0.3) is 0 Å². The Morgan fingerprint density at radius 1 is 1.43 bits per heavy atom. The molecular formula is C11H15Cl2N. The van der Waals surface area contributed by atoms with Crippen LogP contribution in [0.2, 0.25) is 5.02 Å². The van der Waals surface area contributed by atoms with Gasteiger partial charge in [0.1, 0.15) is 0 Å². The van der Waals surface area contributed by atoms with Crippen molar-refractivity contribution in [2.75, 3.05) is 6.54 Å². The molecule has 1 fully saturated rings. The van der Waals surface area contributed by atoms with Gasteiger partial charge in [0.15, 0.2) is 0 Å². The van der Waals surface area contributed by atoms with Gasteiger partial charge < -0.3 is 5.32 Å². The maximum atomic E-state index is 6.17. The number of aryl methyl sites for hydroxylation is 1. The molecule has 0 amide bonds. The quantitative estimate of drug-likeness (QED) is 0.781. The molecule has 1 aliphatic heterocycles. The summed E-state index contributed by atoms with van der Waals surface area (Å²) >= 11 is 6.17. The standard InChI is InChI=1S/C11H14ClN.ClH/c1-8-4-5-9(10(12)7-8)11-3-2-6-13-11;/h4-5,7,11,13H,2-3,6H2,1H3;1H. The van der Waals surface area contributed by atoms with E-state index in [0.717, 1.165) is 11.6 Å². The fourth-order valence-corrected chi connectivity index (χ4v) is 2.23. The van der Waals surface area contributed by atoms with Gasteiger partial charge in [0, 0.05) is 11.1 Å². The molecule has 1 aliphatic rings. The molecule has 0 aliphatic carbocycles. The van der Waals surface area contributed by atoms with Crippen LogP contribution in [0.4, 0.5) is 0 Å². The van der Waals surface area contributed by atoms with Crippen molar-refractivity contribution in [3.63, 3.8) is 0 Å². The Labute approximate surface area is 96.3 Å². The molecule has 78 valence electrons. The topological polar surface area (TPSA) is 12.0 Å². The zero-order chi connectivity index (χ0) is 9.26. The van der Waals surface area contributed by atoms with Gasteiger partial charge in [-0.05, 0) is 43.5 Å². The number of halogens is 2. The lowest BCUT2D eigenvalue weighted by molar-refractivity contribution is 0.648. The number of rotatable bonds is 1. The molecule has 0 spiro atoms. The predicted octanol–water partition coefficient (Wildman–Crippen LogP) is 3.49. The third kappa shape index (κ3) is 2.41. The van der Waals surface area contributed by atoms with Crippen LogP contribution >= 0.6 is 24.0 Å². The third-order valence-electron chi connectivity index (χ3n) is 2.59. The molecule has 0 bridgehead atoms. The van der Waals surface area contributed by atoms with Gasteiger partial charge in [0.2, 0.25) is 0 Å². The lowest BCUT2D eigenvalue weighted by Crippen LogP contribution is -2.13. The smallest absolute Gasteiger partial charge is 0.0456 e. The molecule has 1 atom stereocenters. The van der Waals surface area contributed by atoms with Gasteiger partial charge in [0.05, 0.1) is 0 Å². The van der Waals surface area contributed by atoms with E-state index < -0.39 is 0 Å². The second-order valence-corrected chi connectivity index (χ2v) is 4.08. The van der Waals surface area contributed by atoms with E-state index in [2.05, 4.69) is 24.4 Å². The summed E-state index contributed by atoms with van der Waals surface area (Å²) < 4.78 is 0. The lowest BCUT2D eigenvalue weighted by Gasteiger charge is -2.12. The number of nitrogens with one attached hydrogen (secondary N) is 1. The zero-order valence-electron chi connectivity index (χ0n) is 8.22. The van der Waals surface area contributed by atoms with E-state index in [9.17, 15) is 0 Å². The number of hydrogen-bond donors (Lipinski definition) is 1. The minimum atomic E-state index is 0. The molecule has 1 heterocycles. The van der Waals surface area contributed by atoms with Crippen LogP contribution in [-0.2, 0) is 0 Å². The normalized spacial score (nSPS) is 20.6. The Morgan fingerprint density at radius 3 is 2.79 bits per heavy atom. The molecule has 0 saturated carbocycles. The molecule has 2 rings (SSSR count). The van der Waals surface area contributed by atoms with Crippen molar-refractivity contribution >= 4 is 24.0 Å². The van der Waals surface area contributed by atoms with Gasteiger partial charge >= 0.3 is 0 Å². The van der Waals surface area contributed by atoms with Crippen molar-refractivity contribution in [3.05, 3.63) is 34.3 Å². The molecule has 1 N–H and O–H groups in total. The highest BCUT2D eigenvalue weighted by atomic mass is 35.5. The van der Waals surface area contributed by atoms with Crippen LogP contribution in [0.1, 0.15) is 30.0 Å². The summed E-state index contributed by atoms with van der Waals surface area (Å²) in [5.41, 5.74) is 2.48. The Bertz CT molecular complexity index is 306. The molecule has 1 saturated heterocycles. The molecule has 1 unspecified atom stereocenters. The lowest BCUT2D eigenvalue weighted by atomic mass is 10.0. The highest BCUT2D eigenvalue weighted by Gasteiger charge is 2.18. The molecule has 14 heavy (non-hydrogen) atoms. The predicted molar refractivity (Wildman–Crippen MR) is 63.4 cm³/mol. The molecule has 0 radical (unpaired) electrons. The first-order valence-electron chi connectivity index (χ1n) is 4.77. The first-order chi connectivity index (χ1) is 6.27. The minimum Gasteiger partial charge on any atom is -0.310 e. The number of benzene rings is 1. The average Bonchev–Trinajstić information content (AvgIpc) is 2.56. The second-order valence-electron chi connectivity index (χ2n) is 3.67.